The van der Waals surface area contributed by atoms with Crippen molar-refractivity contribution in [3.8, 4) is 0 Å². The number of hydrogen-bond acceptors (Lipinski definition) is 6. The van der Waals surface area contributed by atoms with Gasteiger partial charge in [0.05, 0.1) is 18.6 Å². The molecule has 1 aromatic carbocycles. The number of carbonyl (C=O) groups excluding carboxylic acids is 3. The Kier molecular flexibility index (Phi) is 6.15. The average molecular weight is 428 g/mol. The zero-order chi connectivity index (χ0) is 21.1. The summed E-state index contributed by atoms with van der Waals surface area (Å²) >= 11 is 1.45. The molecule has 2 aromatic rings. The maximum atomic E-state index is 13.1. The van der Waals surface area contributed by atoms with Gasteiger partial charge in [-0.1, -0.05) is 30.3 Å². The summed E-state index contributed by atoms with van der Waals surface area (Å²) < 4.78 is 5.26. The van der Waals surface area contributed by atoms with E-state index in [0.717, 1.165) is 41.7 Å². The maximum absolute atomic E-state index is 13.1. The Hall–Kier alpha value is -2.71. The molecular formula is C22H25N3O4S. The average Bonchev–Trinajstić information content (AvgIpc) is 3.28. The first-order valence-corrected chi connectivity index (χ1v) is 11.1. The second-order valence-corrected chi connectivity index (χ2v) is 8.60. The standard InChI is InChI=1S/C22H25N3O4S/c1-2-29-22(28)19-15-10-6-7-11-17(15)30-21(19)23-20(27)16-12-18(26)24-25(16)13-14-8-4-3-5-9-14/h3-5,8-9,16H,2,6-7,10-13H2,1H3,(H,23,27)(H,24,26)/t16-/m0/s1. The van der Waals surface area contributed by atoms with Crippen LogP contribution in [0, 0.1) is 0 Å². The van der Waals surface area contributed by atoms with Crippen LogP contribution in [0.15, 0.2) is 30.3 Å². The third-order valence-corrected chi connectivity index (χ3v) is 6.62. The van der Waals surface area contributed by atoms with Crippen molar-refractivity contribution in [2.45, 2.75) is 51.6 Å². The fraction of sp³-hybridized carbons (Fsp3) is 0.409. The van der Waals surface area contributed by atoms with Crippen molar-refractivity contribution in [1.29, 1.82) is 0 Å². The number of carbonyl (C=O) groups is 3. The third kappa shape index (κ3) is 4.24. The van der Waals surface area contributed by atoms with Crippen molar-refractivity contribution >= 4 is 34.1 Å². The van der Waals surface area contributed by atoms with Crippen molar-refractivity contribution in [3.05, 3.63) is 51.9 Å². The number of amides is 2. The molecule has 0 saturated carbocycles. The van der Waals surface area contributed by atoms with Crippen molar-refractivity contribution in [2.75, 3.05) is 11.9 Å². The molecule has 0 spiro atoms. The Morgan fingerprint density at radius 2 is 2.00 bits per heavy atom. The first-order valence-electron chi connectivity index (χ1n) is 10.3. The molecule has 1 saturated heterocycles. The number of aryl methyl sites for hydroxylation is 1. The van der Waals surface area contributed by atoms with Gasteiger partial charge < -0.3 is 10.1 Å². The highest BCUT2D eigenvalue weighted by Gasteiger charge is 2.37. The largest absolute Gasteiger partial charge is 0.462 e. The molecule has 2 amide bonds. The van der Waals surface area contributed by atoms with E-state index in [4.69, 9.17) is 4.74 Å². The summed E-state index contributed by atoms with van der Waals surface area (Å²) in [6.45, 7) is 2.48. The van der Waals surface area contributed by atoms with Crippen molar-refractivity contribution < 1.29 is 19.1 Å². The Bertz CT molecular complexity index is 957. The van der Waals surface area contributed by atoms with Gasteiger partial charge in [0.1, 0.15) is 11.0 Å². The summed E-state index contributed by atoms with van der Waals surface area (Å²) in [5.74, 6) is -0.885. The predicted octanol–water partition coefficient (Wildman–Crippen LogP) is 3.05. The number of thiophene rings is 1. The van der Waals surface area contributed by atoms with E-state index in [0.29, 0.717) is 17.1 Å². The topological polar surface area (TPSA) is 87.7 Å². The Morgan fingerprint density at radius 3 is 2.77 bits per heavy atom. The van der Waals surface area contributed by atoms with Gasteiger partial charge in [-0.2, -0.15) is 0 Å². The molecule has 0 bridgehead atoms. The second kappa shape index (κ2) is 8.97. The number of ether oxygens (including phenoxy) is 1. The Labute approximate surface area is 179 Å². The first-order chi connectivity index (χ1) is 14.6. The molecule has 1 atom stereocenters. The van der Waals surface area contributed by atoms with Crippen molar-refractivity contribution in [3.63, 3.8) is 0 Å². The molecule has 2 N–H and O–H groups in total. The zero-order valence-electron chi connectivity index (χ0n) is 16.9. The van der Waals surface area contributed by atoms with Crippen LogP contribution < -0.4 is 10.7 Å². The molecule has 158 valence electrons. The highest BCUT2D eigenvalue weighted by Crippen LogP contribution is 2.39. The van der Waals surface area contributed by atoms with Gasteiger partial charge in [-0.3, -0.25) is 15.0 Å². The van der Waals surface area contributed by atoms with E-state index in [-0.39, 0.29) is 24.8 Å². The number of nitrogens with zero attached hydrogens (tertiary/aromatic N) is 1. The minimum atomic E-state index is -0.646. The summed E-state index contributed by atoms with van der Waals surface area (Å²) in [5.41, 5.74) is 5.25. The van der Waals surface area contributed by atoms with E-state index in [1.54, 1.807) is 11.9 Å². The second-order valence-electron chi connectivity index (χ2n) is 7.49. The van der Waals surface area contributed by atoms with Crippen LogP contribution in [-0.2, 0) is 33.7 Å². The number of nitrogens with one attached hydrogen (secondary N) is 2. The monoisotopic (exact) mass is 427 g/mol. The summed E-state index contributed by atoms with van der Waals surface area (Å²) in [5, 5.41) is 5.12. The number of benzene rings is 1. The fourth-order valence-corrected chi connectivity index (χ4v) is 5.28. The van der Waals surface area contributed by atoms with Crippen LogP contribution in [-0.4, -0.2) is 35.4 Å². The van der Waals surface area contributed by atoms with E-state index in [2.05, 4.69) is 10.7 Å². The number of rotatable bonds is 6. The third-order valence-electron chi connectivity index (χ3n) is 5.41. The molecule has 8 heteroatoms. The van der Waals surface area contributed by atoms with Crippen LogP contribution >= 0.6 is 11.3 Å². The molecule has 1 fully saturated rings. The van der Waals surface area contributed by atoms with Crippen LogP contribution in [0.1, 0.15) is 52.5 Å². The van der Waals surface area contributed by atoms with Crippen molar-refractivity contribution in [2.24, 2.45) is 0 Å². The molecule has 30 heavy (non-hydrogen) atoms. The van der Waals surface area contributed by atoms with E-state index >= 15 is 0 Å². The lowest BCUT2D eigenvalue weighted by Gasteiger charge is -2.22. The number of fused-ring (bicyclic) bond motifs is 1. The Balaban J connectivity index is 1.56. The van der Waals surface area contributed by atoms with Crippen LogP contribution in [0.4, 0.5) is 5.00 Å². The lowest BCUT2D eigenvalue weighted by molar-refractivity contribution is -0.121. The van der Waals surface area contributed by atoms with Gasteiger partial charge in [-0.25, -0.2) is 9.80 Å². The molecule has 1 aromatic heterocycles. The maximum Gasteiger partial charge on any atom is 0.341 e. The van der Waals surface area contributed by atoms with Crippen LogP contribution in [0.5, 0.6) is 0 Å². The highest BCUT2D eigenvalue weighted by molar-refractivity contribution is 7.17. The van der Waals surface area contributed by atoms with Gasteiger partial charge in [0, 0.05) is 11.4 Å². The Morgan fingerprint density at radius 1 is 1.23 bits per heavy atom. The summed E-state index contributed by atoms with van der Waals surface area (Å²) in [4.78, 5) is 38.9. The van der Waals surface area contributed by atoms with Gasteiger partial charge in [-0.05, 0) is 43.7 Å². The zero-order valence-corrected chi connectivity index (χ0v) is 17.7. The number of esters is 1. The van der Waals surface area contributed by atoms with E-state index < -0.39 is 12.0 Å². The van der Waals surface area contributed by atoms with Crippen LogP contribution in [0.3, 0.4) is 0 Å². The molecule has 4 rings (SSSR count). The molecule has 7 nitrogen and oxygen atoms in total. The number of anilines is 1. The number of hydrazine groups is 1. The molecule has 1 aliphatic carbocycles. The van der Waals surface area contributed by atoms with E-state index in [1.165, 1.54) is 11.3 Å². The molecule has 2 heterocycles. The lowest BCUT2D eigenvalue weighted by atomic mass is 9.95. The molecular weight excluding hydrogens is 402 g/mol. The van der Waals surface area contributed by atoms with Gasteiger partial charge in [0.15, 0.2) is 0 Å². The van der Waals surface area contributed by atoms with E-state index in [1.807, 2.05) is 30.3 Å². The smallest absolute Gasteiger partial charge is 0.341 e. The first kappa shape index (κ1) is 20.6. The molecule has 2 aliphatic rings. The highest BCUT2D eigenvalue weighted by atomic mass is 32.1. The summed E-state index contributed by atoms with van der Waals surface area (Å²) in [7, 11) is 0. The van der Waals surface area contributed by atoms with Gasteiger partial charge >= 0.3 is 5.97 Å². The van der Waals surface area contributed by atoms with Crippen LogP contribution in [0.25, 0.3) is 0 Å². The van der Waals surface area contributed by atoms with Gasteiger partial charge in [0.2, 0.25) is 11.8 Å². The SMILES string of the molecule is CCOC(=O)c1c(NC(=O)[C@@H]2CC(=O)NN2Cc2ccccc2)sc2c1CCCC2. The normalized spacial score (nSPS) is 18.6. The molecule has 0 unspecified atom stereocenters. The van der Waals surface area contributed by atoms with E-state index in [9.17, 15) is 14.4 Å². The van der Waals surface area contributed by atoms with Gasteiger partial charge in [-0.15, -0.1) is 11.3 Å². The van der Waals surface area contributed by atoms with Crippen LogP contribution in [0.2, 0.25) is 0 Å². The minimum Gasteiger partial charge on any atom is -0.462 e. The minimum absolute atomic E-state index is 0.0818. The predicted molar refractivity (Wildman–Crippen MR) is 114 cm³/mol. The quantitative estimate of drug-likeness (QED) is 0.692. The van der Waals surface area contributed by atoms with Crippen molar-refractivity contribution in [1.82, 2.24) is 10.4 Å². The molecule has 0 radical (unpaired) electrons. The molecule has 1 aliphatic heterocycles. The lowest BCUT2D eigenvalue weighted by Crippen LogP contribution is -2.43. The fourth-order valence-electron chi connectivity index (χ4n) is 4.00. The summed E-state index contributed by atoms with van der Waals surface area (Å²) in [6, 6.07) is 9.02. The number of hydrogen-bond donors (Lipinski definition) is 2. The van der Waals surface area contributed by atoms with Gasteiger partial charge in [0.25, 0.3) is 0 Å². The summed E-state index contributed by atoms with van der Waals surface area (Å²) in [6.07, 6.45) is 3.91.